The number of hydrogen-bond acceptors (Lipinski definition) is 3. The Bertz CT molecular complexity index is 804. The van der Waals surface area contributed by atoms with Crippen molar-refractivity contribution in [3.8, 4) is 0 Å². The molecule has 3 nitrogen and oxygen atoms in total. The minimum absolute atomic E-state index is 0.289. The van der Waals surface area contributed by atoms with Crippen LogP contribution in [0.1, 0.15) is 181 Å². The van der Waals surface area contributed by atoms with Gasteiger partial charge in [0.1, 0.15) is 0 Å². The molecular formula is C44H77NO2. The minimum Gasteiger partial charge on any atom is -0.344 e. The molecule has 0 aromatic heterocycles. The fraction of sp³-hybridized carbons (Fsp3) is 0.818. The second-order valence-electron chi connectivity index (χ2n) is 15.3. The molecule has 47 heavy (non-hydrogen) atoms. The van der Waals surface area contributed by atoms with Gasteiger partial charge in [-0.1, -0.05) is 140 Å². The van der Waals surface area contributed by atoms with Gasteiger partial charge in [0.2, 0.25) is 0 Å². The zero-order chi connectivity index (χ0) is 33.3. The van der Waals surface area contributed by atoms with E-state index < -0.39 is 0 Å². The van der Waals surface area contributed by atoms with Crippen molar-refractivity contribution in [1.82, 2.24) is 4.90 Å². The van der Waals surface area contributed by atoms with E-state index in [4.69, 9.17) is 9.47 Å². The van der Waals surface area contributed by atoms with Gasteiger partial charge in [-0.15, -0.1) is 0 Å². The number of ether oxygens (including phenoxy) is 2. The van der Waals surface area contributed by atoms with Crippen LogP contribution in [0, 0.1) is 11.8 Å². The van der Waals surface area contributed by atoms with Gasteiger partial charge in [-0.3, -0.25) is 0 Å². The lowest BCUT2D eigenvalue weighted by Crippen LogP contribution is -2.52. The van der Waals surface area contributed by atoms with Crippen molar-refractivity contribution in [2.24, 2.45) is 11.8 Å². The maximum absolute atomic E-state index is 6.89. The summed E-state index contributed by atoms with van der Waals surface area (Å²) in [6, 6.07) is 0. The van der Waals surface area contributed by atoms with Crippen LogP contribution < -0.4 is 0 Å². The van der Waals surface area contributed by atoms with E-state index in [2.05, 4.69) is 74.4 Å². The zero-order valence-corrected chi connectivity index (χ0v) is 31.5. The van der Waals surface area contributed by atoms with Crippen molar-refractivity contribution in [2.75, 3.05) is 20.1 Å². The van der Waals surface area contributed by atoms with Crippen molar-refractivity contribution in [3.63, 3.8) is 0 Å². The summed E-state index contributed by atoms with van der Waals surface area (Å²) in [6.45, 7) is 6.94. The van der Waals surface area contributed by atoms with E-state index in [1.54, 1.807) is 0 Å². The SMILES string of the molecule is CCCCC/C=C\C/C=C\CCCCCCCCC1(CCCCCCCC/C=C\C/C=C\CCCCC)O[C@@H]2[C@H]3CN(C)C[C@H]3[C@@H]2O1. The third kappa shape index (κ3) is 16.4. The largest absolute Gasteiger partial charge is 0.344 e. The lowest BCUT2D eigenvalue weighted by atomic mass is 9.71. The average Bonchev–Trinajstić information content (AvgIpc) is 3.59. The fourth-order valence-electron chi connectivity index (χ4n) is 8.06. The van der Waals surface area contributed by atoms with Crippen LogP contribution >= 0.6 is 0 Å². The molecule has 4 atom stereocenters. The van der Waals surface area contributed by atoms with Gasteiger partial charge in [0.15, 0.2) is 5.79 Å². The molecule has 2 aliphatic heterocycles. The van der Waals surface area contributed by atoms with Crippen LogP contribution in [0.25, 0.3) is 0 Å². The lowest BCUT2D eigenvalue weighted by molar-refractivity contribution is -0.182. The molecule has 0 unspecified atom stereocenters. The summed E-state index contributed by atoms with van der Waals surface area (Å²) < 4.78 is 13.8. The van der Waals surface area contributed by atoms with Crippen LogP contribution in [0.2, 0.25) is 0 Å². The van der Waals surface area contributed by atoms with E-state index in [-0.39, 0.29) is 5.79 Å². The highest BCUT2D eigenvalue weighted by Gasteiger charge is 2.63. The number of nitrogens with zero attached hydrogens (tertiary/aromatic N) is 1. The van der Waals surface area contributed by atoms with Crippen LogP contribution in [0.3, 0.4) is 0 Å². The van der Waals surface area contributed by atoms with Gasteiger partial charge in [-0.2, -0.15) is 0 Å². The Labute approximate surface area is 293 Å². The number of hydrogen-bond donors (Lipinski definition) is 0. The second-order valence-corrected chi connectivity index (χ2v) is 15.3. The smallest absolute Gasteiger partial charge is 0.169 e. The molecule has 0 aromatic rings. The van der Waals surface area contributed by atoms with Crippen LogP contribution in [0.15, 0.2) is 48.6 Å². The van der Waals surface area contributed by atoms with Gasteiger partial charge in [0.05, 0.1) is 12.2 Å². The molecule has 0 radical (unpaired) electrons. The van der Waals surface area contributed by atoms with Gasteiger partial charge in [-0.25, -0.2) is 0 Å². The first-order valence-corrected chi connectivity index (χ1v) is 20.8. The van der Waals surface area contributed by atoms with Crippen molar-refractivity contribution in [2.45, 2.75) is 199 Å². The Morgan fingerprint density at radius 2 is 0.809 bits per heavy atom. The summed E-state index contributed by atoms with van der Waals surface area (Å²) in [5.74, 6) is 1.13. The quantitative estimate of drug-likeness (QED) is 0.0570. The molecule has 3 fully saturated rings. The first-order chi connectivity index (χ1) is 23.2. The normalized spacial score (nSPS) is 24.0. The summed E-state index contributed by atoms with van der Waals surface area (Å²) in [5.41, 5.74) is 0. The van der Waals surface area contributed by atoms with Crippen LogP contribution in [-0.4, -0.2) is 43.0 Å². The summed E-state index contributed by atoms with van der Waals surface area (Å²) in [6.07, 6.45) is 53.0. The molecule has 0 spiro atoms. The third-order valence-electron chi connectivity index (χ3n) is 11.0. The molecule has 2 heterocycles. The maximum atomic E-state index is 6.89. The molecule has 1 aliphatic carbocycles. The molecule has 0 aromatic carbocycles. The lowest BCUT2D eigenvalue weighted by Gasteiger charge is -2.40. The zero-order valence-electron chi connectivity index (χ0n) is 31.5. The Balaban J connectivity index is 1.22. The van der Waals surface area contributed by atoms with Crippen molar-refractivity contribution in [3.05, 3.63) is 48.6 Å². The van der Waals surface area contributed by atoms with E-state index in [1.807, 2.05) is 0 Å². The highest BCUT2D eigenvalue weighted by Crippen LogP contribution is 2.53. The van der Waals surface area contributed by atoms with Crippen molar-refractivity contribution < 1.29 is 9.47 Å². The predicted octanol–water partition coefficient (Wildman–Crippen LogP) is 13.1. The van der Waals surface area contributed by atoms with Crippen molar-refractivity contribution >= 4 is 0 Å². The summed E-state index contributed by atoms with van der Waals surface area (Å²) in [5, 5.41) is 0. The molecule has 3 aliphatic rings. The molecule has 2 saturated heterocycles. The summed E-state index contributed by atoms with van der Waals surface area (Å²) >= 11 is 0. The molecule has 3 rings (SSSR count). The Hall–Kier alpha value is -1.16. The molecule has 270 valence electrons. The highest BCUT2D eigenvalue weighted by atomic mass is 16.8. The van der Waals surface area contributed by atoms with Crippen molar-refractivity contribution in [1.29, 1.82) is 0 Å². The monoisotopic (exact) mass is 652 g/mol. The number of allylic oxidation sites excluding steroid dienone is 8. The highest BCUT2D eigenvalue weighted by molar-refractivity contribution is 5.09. The minimum atomic E-state index is -0.289. The average molecular weight is 652 g/mol. The fourth-order valence-corrected chi connectivity index (χ4v) is 8.06. The molecule has 0 bridgehead atoms. The van der Waals surface area contributed by atoms with E-state index in [0.29, 0.717) is 24.0 Å². The van der Waals surface area contributed by atoms with Crippen LogP contribution in [-0.2, 0) is 9.47 Å². The van der Waals surface area contributed by atoms with Gasteiger partial charge in [-0.05, 0) is 84.1 Å². The predicted molar refractivity (Wildman–Crippen MR) is 205 cm³/mol. The van der Waals surface area contributed by atoms with E-state index >= 15 is 0 Å². The van der Waals surface area contributed by atoms with E-state index in [1.165, 1.54) is 154 Å². The Morgan fingerprint density at radius 1 is 0.468 bits per heavy atom. The Kier molecular flexibility index (Phi) is 22.1. The van der Waals surface area contributed by atoms with Gasteiger partial charge in [0, 0.05) is 37.8 Å². The number of unbranched alkanes of at least 4 members (excludes halogenated alkanes) is 18. The summed E-state index contributed by atoms with van der Waals surface area (Å²) in [7, 11) is 2.26. The van der Waals surface area contributed by atoms with Gasteiger partial charge < -0.3 is 14.4 Å². The Morgan fingerprint density at radius 3 is 1.19 bits per heavy atom. The molecule has 0 N–H and O–H groups in total. The van der Waals surface area contributed by atoms with Crippen LogP contribution in [0.5, 0.6) is 0 Å². The second kappa shape index (κ2) is 25.8. The number of rotatable bonds is 30. The first kappa shape index (κ1) is 40.3. The topological polar surface area (TPSA) is 21.7 Å². The molecule has 3 heteroatoms. The van der Waals surface area contributed by atoms with Crippen LogP contribution in [0.4, 0.5) is 0 Å². The van der Waals surface area contributed by atoms with Gasteiger partial charge in [0.25, 0.3) is 0 Å². The molecular weight excluding hydrogens is 574 g/mol. The number of likely N-dealkylation sites (tertiary alicyclic amines) is 1. The standard InChI is InChI=1S/C44H77NO2/c1-4-6-8-10-12-14-16-18-20-22-24-26-28-30-32-34-36-44(46-42-40-38-45(3)39-41(40)43(42)47-44)37-35-33-31-29-27-25-23-21-19-17-15-13-11-9-7-5-2/h12-15,18-21,40-43H,4-11,16-17,22-39H2,1-3H3/b14-12-,15-13-,20-18-,21-19-/t40-,41+,42+,43-. The third-order valence-corrected chi connectivity index (χ3v) is 11.0. The maximum Gasteiger partial charge on any atom is 0.169 e. The molecule has 0 amide bonds. The number of fused-ring (bicyclic) bond motifs is 4. The summed E-state index contributed by atoms with van der Waals surface area (Å²) in [4.78, 5) is 2.48. The van der Waals surface area contributed by atoms with E-state index in [9.17, 15) is 0 Å². The van der Waals surface area contributed by atoms with E-state index in [0.717, 1.165) is 25.7 Å². The first-order valence-electron chi connectivity index (χ1n) is 20.8. The van der Waals surface area contributed by atoms with Gasteiger partial charge >= 0.3 is 0 Å². The molecule has 1 saturated carbocycles.